The van der Waals surface area contributed by atoms with Gasteiger partial charge in [-0.3, -0.25) is 14.0 Å². The number of carbonyl (C=O) groups is 2. The molecule has 2 N–H and O–H groups in total. The molecule has 17 heavy (non-hydrogen) atoms. The van der Waals surface area contributed by atoms with Crippen LogP contribution in [0.25, 0.3) is 0 Å². The smallest absolute Gasteiger partial charge is 0.322 e. The molecule has 1 amide bonds. The summed E-state index contributed by atoms with van der Waals surface area (Å²) in [6, 6.07) is 0. The first kappa shape index (κ1) is 15.9. The minimum atomic E-state index is -1.02. The number of halogens is 1. The van der Waals surface area contributed by atoms with Gasteiger partial charge in [0.25, 0.3) is 0 Å². The number of nitrogens with one attached hydrogen (secondary N) is 1. The Kier molecular flexibility index (Phi) is 10.6. The van der Waals surface area contributed by atoms with E-state index >= 15 is 0 Å². The Bertz CT molecular complexity index is 222. The molecule has 0 heterocycles. The van der Waals surface area contributed by atoms with Gasteiger partial charge in [0.2, 0.25) is 5.91 Å². The van der Waals surface area contributed by atoms with Crippen molar-refractivity contribution in [3.63, 3.8) is 0 Å². The van der Waals surface area contributed by atoms with Crippen molar-refractivity contribution in [2.75, 3.05) is 13.2 Å². The van der Waals surface area contributed by atoms with E-state index in [0.717, 1.165) is 38.5 Å². The van der Waals surface area contributed by atoms with E-state index < -0.39 is 5.97 Å². The molecule has 0 rings (SSSR count). The average Bonchev–Trinajstić information content (AvgIpc) is 2.30. The van der Waals surface area contributed by atoms with Crippen LogP contribution < -0.4 is 5.32 Å². The van der Waals surface area contributed by atoms with E-state index in [2.05, 4.69) is 5.32 Å². The van der Waals surface area contributed by atoms with E-state index in [1.807, 2.05) is 0 Å². The summed E-state index contributed by atoms with van der Waals surface area (Å²) < 4.78 is 11.8. The fourth-order valence-electron chi connectivity index (χ4n) is 1.53. The molecule has 4 nitrogen and oxygen atoms in total. The summed E-state index contributed by atoms with van der Waals surface area (Å²) in [5.74, 6) is -1.23. The number of alkyl halides is 1. The van der Waals surface area contributed by atoms with Crippen molar-refractivity contribution < 1.29 is 19.1 Å². The van der Waals surface area contributed by atoms with Crippen molar-refractivity contribution in [2.24, 2.45) is 0 Å². The van der Waals surface area contributed by atoms with Gasteiger partial charge in [-0.05, 0) is 12.8 Å². The molecule has 0 atom stereocenters. The van der Waals surface area contributed by atoms with E-state index in [1.54, 1.807) is 0 Å². The fourth-order valence-corrected chi connectivity index (χ4v) is 1.53. The molecule has 0 aliphatic heterocycles. The van der Waals surface area contributed by atoms with Crippen LogP contribution >= 0.6 is 0 Å². The number of hydrogen-bond donors (Lipinski definition) is 2. The zero-order chi connectivity index (χ0) is 12.9. The minimum absolute atomic E-state index is 0.204. The summed E-state index contributed by atoms with van der Waals surface area (Å²) in [6.07, 6.45) is 6.92. The van der Waals surface area contributed by atoms with Gasteiger partial charge in [-0.1, -0.05) is 32.1 Å². The van der Waals surface area contributed by atoms with E-state index in [-0.39, 0.29) is 19.1 Å². The van der Waals surface area contributed by atoms with E-state index in [1.165, 1.54) is 0 Å². The maximum absolute atomic E-state index is 11.8. The highest BCUT2D eigenvalue weighted by atomic mass is 19.1. The van der Waals surface area contributed by atoms with Crippen LogP contribution in [-0.2, 0) is 9.59 Å². The largest absolute Gasteiger partial charge is 0.480 e. The maximum atomic E-state index is 11.8. The second kappa shape index (κ2) is 11.4. The molecule has 0 saturated carbocycles. The van der Waals surface area contributed by atoms with E-state index in [4.69, 9.17) is 5.11 Å². The molecule has 0 spiro atoms. The van der Waals surface area contributed by atoms with Crippen LogP contribution in [0.2, 0.25) is 0 Å². The van der Waals surface area contributed by atoms with Gasteiger partial charge in [-0.2, -0.15) is 0 Å². The number of carbonyl (C=O) groups excluding carboxylic acids is 1. The predicted molar refractivity (Wildman–Crippen MR) is 63.6 cm³/mol. The van der Waals surface area contributed by atoms with Gasteiger partial charge in [0.05, 0.1) is 6.67 Å². The molecule has 0 aromatic heterocycles. The number of carboxylic acids is 1. The molecule has 0 bridgehead atoms. The molecule has 0 radical (unpaired) electrons. The topological polar surface area (TPSA) is 66.4 Å². The molecule has 0 aromatic rings. The fraction of sp³-hybridized carbons (Fsp3) is 0.833. The number of aliphatic carboxylic acids is 1. The normalized spacial score (nSPS) is 10.2. The van der Waals surface area contributed by atoms with Gasteiger partial charge < -0.3 is 10.4 Å². The lowest BCUT2D eigenvalue weighted by atomic mass is 10.1. The first-order chi connectivity index (χ1) is 8.16. The van der Waals surface area contributed by atoms with Crippen LogP contribution in [0.3, 0.4) is 0 Å². The Morgan fingerprint density at radius 2 is 1.47 bits per heavy atom. The lowest BCUT2D eigenvalue weighted by Crippen LogP contribution is -2.28. The Balaban J connectivity index is 3.16. The van der Waals surface area contributed by atoms with E-state index in [0.29, 0.717) is 12.8 Å². The van der Waals surface area contributed by atoms with Crippen molar-refractivity contribution >= 4 is 11.9 Å². The quantitative estimate of drug-likeness (QED) is 0.550. The van der Waals surface area contributed by atoms with Crippen LogP contribution in [0.15, 0.2) is 0 Å². The SMILES string of the molecule is O=C(O)CNC(=O)CCCCCCCCCF. The Morgan fingerprint density at radius 1 is 0.941 bits per heavy atom. The predicted octanol–water partition coefficient (Wildman–Crippen LogP) is 2.28. The molecule has 0 saturated heterocycles. The molecule has 0 unspecified atom stereocenters. The highest BCUT2D eigenvalue weighted by Crippen LogP contribution is 2.08. The van der Waals surface area contributed by atoms with Gasteiger partial charge >= 0.3 is 5.97 Å². The molecule has 100 valence electrons. The Hall–Kier alpha value is -1.13. The van der Waals surface area contributed by atoms with Crippen molar-refractivity contribution in [1.82, 2.24) is 5.32 Å². The van der Waals surface area contributed by atoms with Gasteiger partial charge in [0, 0.05) is 6.42 Å². The van der Waals surface area contributed by atoms with Gasteiger partial charge in [-0.25, -0.2) is 0 Å². The summed E-state index contributed by atoms with van der Waals surface area (Å²) >= 11 is 0. The Labute approximate surface area is 102 Å². The van der Waals surface area contributed by atoms with Crippen LogP contribution in [0, 0.1) is 0 Å². The molecule has 0 aliphatic rings. The monoisotopic (exact) mass is 247 g/mol. The van der Waals surface area contributed by atoms with Gasteiger partial charge in [0.15, 0.2) is 0 Å². The van der Waals surface area contributed by atoms with Crippen LogP contribution in [0.5, 0.6) is 0 Å². The molecule has 0 aliphatic carbocycles. The van der Waals surface area contributed by atoms with Crippen LogP contribution in [0.1, 0.15) is 51.4 Å². The number of hydrogen-bond acceptors (Lipinski definition) is 2. The zero-order valence-corrected chi connectivity index (χ0v) is 10.2. The minimum Gasteiger partial charge on any atom is -0.480 e. The van der Waals surface area contributed by atoms with Crippen LogP contribution in [-0.4, -0.2) is 30.2 Å². The summed E-state index contributed by atoms with van der Waals surface area (Å²) in [4.78, 5) is 21.3. The second-order valence-corrected chi connectivity index (χ2v) is 4.08. The maximum Gasteiger partial charge on any atom is 0.322 e. The van der Waals surface area contributed by atoms with Crippen LogP contribution in [0.4, 0.5) is 4.39 Å². The second-order valence-electron chi connectivity index (χ2n) is 4.08. The summed E-state index contributed by atoms with van der Waals surface area (Å²) in [5.41, 5.74) is 0. The average molecular weight is 247 g/mol. The molecule has 0 aromatic carbocycles. The summed E-state index contributed by atoms with van der Waals surface area (Å²) in [6.45, 7) is -0.536. The van der Waals surface area contributed by atoms with Crippen molar-refractivity contribution in [1.29, 1.82) is 0 Å². The summed E-state index contributed by atoms with van der Waals surface area (Å²) in [7, 11) is 0. The van der Waals surface area contributed by atoms with Crippen molar-refractivity contribution in [3.05, 3.63) is 0 Å². The highest BCUT2D eigenvalue weighted by molar-refractivity contribution is 5.80. The lowest BCUT2D eigenvalue weighted by molar-refractivity contribution is -0.137. The Morgan fingerprint density at radius 3 is 2.00 bits per heavy atom. The number of carboxylic acid groups (broad SMARTS) is 1. The third kappa shape index (κ3) is 12.8. The van der Waals surface area contributed by atoms with Gasteiger partial charge in [0.1, 0.15) is 6.54 Å². The number of amides is 1. The molecular formula is C12H22FNO3. The first-order valence-electron chi connectivity index (χ1n) is 6.21. The van der Waals surface area contributed by atoms with Gasteiger partial charge in [-0.15, -0.1) is 0 Å². The number of unbranched alkanes of at least 4 members (excludes halogenated alkanes) is 6. The molecular weight excluding hydrogens is 225 g/mol. The standard InChI is InChI=1S/C12H22FNO3/c13-9-7-5-3-1-2-4-6-8-11(15)14-10-12(16)17/h1-10H2,(H,14,15)(H,16,17). The zero-order valence-electron chi connectivity index (χ0n) is 10.2. The third-order valence-corrected chi connectivity index (χ3v) is 2.47. The number of rotatable bonds is 11. The molecule has 5 heteroatoms. The summed E-state index contributed by atoms with van der Waals surface area (Å²) in [5, 5.41) is 10.7. The van der Waals surface area contributed by atoms with Crippen molar-refractivity contribution in [2.45, 2.75) is 51.4 Å². The van der Waals surface area contributed by atoms with Crippen molar-refractivity contribution in [3.8, 4) is 0 Å². The van der Waals surface area contributed by atoms with E-state index in [9.17, 15) is 14.0 Å². The highest BCUT2D eigenvalue weighted by Gasteiger charge is 2.02. The lowest BCUT2D eigenvalue weighted by Gasteiger charge is -2.02. The molecule has 0 fully saturated rings. The third-order valence-electron chi connectivity index (χ3n) is 2.47. The first-order valence-corrected chi connectivity index (χ1v) is 6.21.